The monoisotopic (exact) mass is 326 g/mol. The van der Waals surface area contributed by atoms with E-state index in [2.05, 4.69) is 4.18 Å². The maximum atomic E-state index is 12.7. The highest BCUT2D eigenvalue weighted by atomic mass is 32.2. The molecule has 0 atom stereocenters. The maximum Gasteiger partial charge on any atom is 0.439 e. The molecule has 0 aliphatic heterocycles. The van der Waals surface area contributed by atoms with Crippen molar-refractivity contribution in [3.63, 3.8) is 0 Å². The molecule has 0 aromatic carbocycles. The first-order valence-electron chi connectivity index (χ1n) is 3.47. The highest BCUT2D eigenvalue weighted by Gasteiger charge is 2.82. The van der Waals surface area contributed by atoms with Crippen molar-refractivity contribution in [2.45, 2.75) is 16.4 Å². The fraction of sp³-hybridized carbons (Fsp3) is 1.00. The average molecular weight is 326 g/mol. The molecule has 0 radical (unpaired) electrons. The van der Waals surface area contributed by atoms with Crippen LogP contribution in [0.3, 0.4) is 0 Å². The normalized spacial score (nSPS) is 15.8. The van der Waals surface area contributed by atoms with Crippen molar-refractivity contribution in [2.75, 3.05) is 7.11 Å². The summed E-state index contributed by atoms with van der Waals surface area (Å²) in [7, 11) is -13.6. The second kappa shape index (κ2) is 4.21. The molecule has 0 saturated heterocycles. The minimum absolute atomic E-state index is 0.0368. The van der Waals surface area contributed by atoms with Crippen LogP contribution in [0, 0.1) is 0 Å². The lowest BCUT2D eigenvalue weighted by Gasteiger charge is -2.29. The van der Waals surface area contributed by atoms with Crippen LogP contribution >= 0.6 is 0 Å². The highest BCUT2D eigenvalue weighted by Crippen LogP contribution is 2.50. The van der Waals surface area contributed by atoms with Crippen LogP contribution in [0.25, 0.3) is 0 Å². The minimum Gasteiger partial charge on any atom is -0.281 e. The van der Waals surface area contributed by atoms with Gasteiger partial charge in [0.2, 0.25) is 0 Å². The van der Waals surface area contributed by atoms with Gasteiger partial charge in [-0.05, 0) is 0 Å². The van der Waals surface area contributed by atoms with E-state index in [1.165, 1.54) is 0 Å². The minimum atomic E-state index is -7.00. The van der Waals surface area contributed by atoms with Gasteiger partial charge in [0.1, 0.15) is 0 Å². The van der Waals surface area contributed by atoms with E-state index in [1.54, 1.807) is 0 Å². The molecule has 14 heteroatoms. The average Bonchev–Trinajstić information content (AvgIpc) is 2.15. The van der Waals surface area contributed by atoms with Crippen molar-refractivity contribution in [3.05, 3.63) is 0 Å². The smallest absolute Gasteiger partial charge is 0.281 e. The van der Waals surface area contributed by atoms with E-state index in [1.807, 2.05) is 0 Å². The quantitative estimate of drug-likeness (QED) is 0.453. The Hall–Kier alpha value is -0.600. The molecule has 0 unspecified atom stereocenters. The van der Waals surface area contributed by atoms with E-state index in [0.29, 0.717) is 0 Å². The lowest BCUT2D eigenvalue weighted by atomic mass is 10.3. The number of alkyl halides is 6. The summed E-state index contributed by atoms with van der Waals surface area (Å²) in [5.41, 5.74) is 0. The van der Waals surface area contributed by atoms with Gasteiger partial charge in [0, 0.05) is 0 Å². The highest BCUT2D eigenvalue weighted by molar-refractivity contribution is 7.88. The first-order chi connectivity index (χ1) is 7.56. The summed E-state index contributed by atoms with van der Waals surface area (Å²) in [5, 5.41) is -13.3. The van der Waals surface area contributed by atoms with E-state index in [0.717, 1.165) is 0 Å². The molecule has 0 fully saturated rings. The van der Waals surface area contributed by atoms with Crippen molar-refractivity contribution in [2.24, 2.45) is 0 Å². The van der Waals surface area contributed by atoms with Crippen LogP contribution in [0.1, 0.15) is 0 Å². The van der Waals surface area contributed by atoms with Crippen molar-refractivity contribution in [3.8, 4) is 0 Å². The van der Waals surface area contributed by atoms with Crippen LogP contribution in [0.15, 0.2) is 0 Å². The summed E-state index contributed by atoms with van der Waals surface area (Å²) in [4.78, 5) is 0. The van der Waals surface area contributed by atoms with Crippen molar-refractivity contribution < 1.29 is 51.9 Å². The third-order valence-electron chi connectivity index (χ3n) is 1.59. The molecule has 0 aliphatic rings. The van der Waals surface area contributed by atoms with Crippen LogP contribution in [0.4, 0.5) is 26.3 Å². The van der Waals surface area contributed by atoms with E-state index in [9.17, 15) is 43.2 Å². The van der Waals surface area contributed by atoms with Crippen molar-refractivity contribution in [1.29, 1.82) is 0 Å². The van der Waals surface area contributed by atoms with Gasteiger partial charge in [-0.15, -0.1) is 0 Å². The Morgan fingerprint density at radius 2 is 1.22 bits per heavy atom. The van der Waals surface area contributed by atoms with Crippen LogP contribution in [-0.2, 0) is 24.4 Å². The molecular formula is C4H4F6O6S2. The molecule has 0 aliphatic carbocycles. The van der Waals surface area contributed by atoms with E-state index >= 15 is 0 Å². The fourth-order valence-corrected chi connectivity index (χ4v) is 1.76. The zero-order valence-corrected chi connectivity index (χ0v) is 9.71. The largest absolute Gasteiger partial charge is 0.439 e. The van der Waals surface area contributed by atoms with Gasteiger partial charge in [-0.1, -0.05) is 0 Å². The molecule has 0 rings (SSSR count). The van der Waals surface area contributed by atoms with Gasteiger partial charge in [-0.3, -0.25) is 8.74 Å². The third kappa shape index (κ3) is 2.17. The van der Waals surface area contributed by atoms with E-state index < -0.39 is 36.7 Å². The number of halogens is 6. The van der Waals surface area contributed by atoms with Gasteiger partial charge < -0.3 is 0 Å². The molecule has 0 saturated carbocycles. The zero-order chi connectivity index (χ0) is 15.2. The molecule has 1 N–H and O–H groups in total. The standard InChI is InChI=1S/C4H4F6O6S2/c1-16-18(14,15)4(9,10)2(5,6)3(7,8)17(11,12)13/h1H3,(H,11,12,13). The SMILES string of the molecule is COS(=O)(=O)C(F)(F)C(F)(F)C(F)(F)S(=O)(=O)O. The Kier molecular flexibility index (Phi) is 4.07. The Morgan fingerprint density at radius 3 is 1.44 bits per heavy atom. The molecule has 0 aromatic heterocycles. The predicted molar refractivity (Wildman–Crippen MR) is 42.3 cm³/mol. The third-order valence-corrected chi connectivity index (χ3v) is 3.82. The Bertz CT molecular complexity index is 520. The molecule has 0 heterocycles. The summed E-state index contributed by atoms with van der Waals surface area (Å²) >= 11 is 0. The van der Waals surface area contributed by atoms with Crippen molar-refractivity contribution >= 4 is 20.2 Å². The van der Waals surface area contributed by atoms with Gasteiger partial charge in [0.15, 0.2) is 0 Å². The van der Waals surface area contributed by atoms with Gasteiger partial charge >= 0.3 is 36.7 Å². The first kappa shape index (κ1) is 17.4. The second-order valence-corrected chi connectivity index (χ2v) is 5.92. The summed E-state index contributed by atoms with van der Waals surface area (Å²) in [6.45, 7) is 0. The van der Waals surface area contributed by atoms with Gasteiger partial charge in [0.05, 0.1) is 7.11 Å². The molecule has 0 amide bonds. The molecule has 18 heavy (non-hydrogen) atoms. The van der Waals surface area contributed by atoms with Crippen molar-refractivity contribution in [1.82, 2.24) is 0 Å². The summed E-state index contributed by atoms with van der Waals surface area (Å²) < 4.78 is 127. The number of hydrogen-bond donors (Lipinski definition) is 1. The number of rotatable bonds is 5. The molecular weight excluding hydrogens is 322 g/mol. The molecule has 110 valence electrons. The Morgan fingerprint density at radius 1 is 0.889 bits per heavy atom. The zero-order valence-electron chi connectivity index (χ0n) is 8.07. The van der Waals surface area contributed by atoms with Crippen LogP contribution in [0.5, 0.6) is 0 Å². The topological polar surface area (TPSA) is 97.7 Å². The van der Waals surface area contributed by atoms with Crippen LogP contribution < -0.4 is 0 Å². The lowest BCUT2D eigenvalue weighted by Crippen LogP contribution is -2.60. The maximum absolute atomic E-state index is 12.7. The van der Waals surface area contributed by atoms with Crippen LogP contribution in [-0.4, -0.2) is 44.9 Å². The molecule has 0 aromatic rings. The molecule has 0 bridgehead atoms. The summed E-state index contributed by atoms with van der Waals surface area (Å²) in [6, 6.07) is 0. The second-order valence-electron chi connectivity index (χ2n) is 2.70. The first-order valence-corrected chi connectivity index (χ1v) is 6.31. The van der Waals surface area contributed by atoms with Gasteiger partial charge in [-0.2, -0.15) is 43.2 Å². The van der Waals surface area contributed by atoms with Gasteiger partial charge in [-0.25, -0.2) is 0 Å². The molecule has 6 nitrogen and oxygen atoms in total. The van der Waals surface area contributed by atoms with E-state index in [-0.39, 0.29) is 7.11 Å². The number of hydrogen-bond acceptors (Lipinski definition) is 5. The summed E-state index contributed by atoms with van der Waals surface area (Å²) in [5.74, 6) is -6.96. The summed E-state index contributed by atoms with van der Waals surface area (Å²) in [6.07, 6.45) is 0. The lowest BCUT2D eigenvalue weighted by molar-refractivity contribution is -0.247. The fourth-order valence-electron chi connectivity index (χ4n) is 0.593. The van der Waals surface area contributed by atoms with Crippen LogP contribution in [0.2, 0.25) is 0 Å². The predicted octanol–water partition coefficient (Wildman–Crippen LogP) is 0.671. The Labute approximate surface area is 96.4 Å². The van der Waals surface area contributed by atoms with Gasteiger partial charge in [0.25, 0.3) is 0 Å². The van der Waals surface area contributed by atoms with E-state index in [4.69, 9.17) is 4.55 Å². The molecule has 0 spiro atoms. The Balaban J connectivity index is 6.13.